The molecule has 0 aliphatic carbocycles. The van der Waals surface area contributed by atoms with E-state index in [1.165, 1.54) is 18.2 Å². The second-order valence-corrected chi connectivity index (χ2v) is 3.36. The number of anilines is 1. The molecule has 0 aliphatic heterocycles. The van der Waals surface area contributed by atoms with Crippen molar-refractivity contribution in [1.29, 1.82) is 0 Å². The maximum Gasteiger partial charge on any atom is 0.224 e. The average Bonchev–Trinajstić information content (AvgIpc) is 2.12. The summed E-state index contributed by atoms with van der Waals surface area (Å²) >= 11 is 5.66. The van der Waals surface area contributed by atoms with Crippen LogP contribution >= 0.6 is 11.6 Å². The highest BCUT2D eigenvalue weighted by molar-refractivity contribution is 6.30. The summed E-state index contributed by atoms with van der Waals surface area (Å²) in [4.78, 5) is 11.2. The quantitative estimate of drug-likeness (QED) is 0.824. The zero-order valence-electron chi connectivity index (χ0n) is 7.81. The second-order valence-electron chi connectivity index (χ2n) is 2.92. The third-order valence-electron chi connectivity index (χ3n) is 1.68. The lowest BCUT2D eigenvalue weighted by Crippen LogP contribution is -2.11. The molecule has 14 heavy (non-hydrogen) atoms. The summed E-state index contributed by atoms with van der Waals surface area (Å²) in [7, 11) is 0. The first-order chi connectivity index (χ1) is 6.63. The number of carbonyl (C=O) groups is 1. The van der Waals surface area contributed by atoms with Crippen LogP contribution in [0.25, 0.3) is 0 Å². The Kier molecular flexibility index (Phi) is 3.89. The van der Waals surface area contributed by atoms with Gasteiger partial charge in [0.1, 0.15) is 5.82 Å². The lowest BCUT2D eigenvalue weighted by atomic mass is 10.2. The third-order valence-corrected chi connectivity index (χ3v) is 1.91. The Balaban J connectivity index is 2.75. The van der Waals surface area contributed by atoms with Gasteiger partial charge >= 0.3 is 0 Å². The summed E-state index contributed by atoms with van der Waals surface area (Å²) in [6, 6.07) is 4.06. The van der Waals surface area contributed by atoms with E-state index < -0.39 is 5.82 Å². The molecule has 0 unspecified atom stereocenters. The lowest BCUT2D eigenvalue weighted by molar-refractivity contribution is -0.116. The van der Waals surface area contributed by atoms with Gasteiger partial charge in [-0.2, -0.15) is 0 Å². The third kappa shape index (κ3) is 3.00. The number of amides is 1. The molecule has 76 valence electrons. The fourth-order valence-corrected chi connectivity index (χ4v) is 1.21. The summed E-state index contributed by atoms with van der Waals surface area (Å²) in [5.74, 6) is -0.674. The molecule has 0 bridgehead atoms. The van der Waals surface area contributed by atoms with Gasteiger partial charge in [0.2, 0.25) is 5.91 Å². The highest BCUT2D eigenvalue weighted by atomic mass is 35.5. The minimum absolute atomic E-state index is 0.135. The van der Waals surface area contributed by atoms with Crippen LogP contribution in [-0.2, 0) is 4.79 Å². The van der Waals surface area contributed by atoms with Gasteiger partial charge in [0.25, 0.3) is 0 Å². The van der Waals surface area contributed by atoms with E-state index in [-0.39, 0.29) is 11.6 Å². The fraction of sp³-hybridized carbons (Fsp3) is 0.300. The van der Waals surface area contributed by atoms with Crippen molar-refractivity contribution < 1.29 is 9.18 Å². The number of nitrogens with one attached hydrogen (secondary N) is 1. The Morgan fingerprint density at radius 3 is 2.93 bits per heavy atom. The van der Waals surface area contributed by atoms with Crippen molar-refractivity contribution in [2.75, 3.05) is 5.32 Å². The molecule has 1 amide bonds. The van der Waals surface area contributed by atoms with Crippen LogP contribution in [0.4, 0.5) is 10.1 Å². The van der Waals surface area contributed by atoms with Gasteiger partial charge < -0.3 is 5.32 Å². The fourth-order valence-electron chi connectivity index (χ4n) is 1.03. The van der Waals surface area contributed by atoms with Crippen LogP contribution in [0.5, 0.6) is 0 Å². The first-order valence-electron chi connectivity index (χ1n) is 4.38. The van der Waals surface area contributed by atoms with Crippen LogP contribution in [0.15, 0.2) is 18.2 Å². The van der Waals surface area contributed by atoms with Crippen molar-refractivity contribution in [1.82, 2.24) is 0 Å². The van der Waals surface area contributed by atoms with Crippen LogP contribution in [0, 0.1) is 5.82 Å². The molecule has 0 saturated heterocycles. The number of hydrogen-bond donors (Lipinski definition) is 1. The molecule has 0 radical (unpaired) electrons. The molecular weight excluding hydrogens is 205 g/mol. The normalized spacial score (nSPS) is 9.93. The van der Waals surface area contributed by atoms with Gasteiger partial charge in [-0.25, -0.2) is 4.39 Å². The largest absolute Gasteiger partial charge is 0.324 e. The molecule has 0 atom stereocenters. The Morgan fingerprint density at radius 1 is 1.57 bits per heavy atom. The van der Waals surface area contributed by atoms with E-state index in [4.69, 9.17) is 11.6 Å². The van der Waals surface area contributed by atoms with E-state index in [0.29, 0.717) is 11.4 Å². The molecule has 1 aromatic rings. The summed E-state index contributed by atoms with van der Waals surface area (Å²) in [5, 5.41) is 2.85. The monoisotopic (exact) mass is 215 g/mol. The standard InChI is InChI=1S/C10H11ClFNO/c1-2-3-10(14)13-9-6-7(11)4-5-8(9)12/h4-6H,2-3H2,1H3,(H,13,14). The van der Waals surface area contributed by atoms with Crippen LogP contribution in [0.2, 0.25) is 5.02 Å². The van der Waals surface area contributed by atoms with Crippen molar-refractivity contribution in [3.63, 3.8) is 0 Å². The van der Waals surface area contributed by atoms with E-state index >= 15 is 0 Å². The van der Waals surface area contributed by atoms with Crippen molar-refractivity contribution in [2.24, 2.45) is 0 Å². The number of hydrogen-bond acceptors (Lipinski definition) is 1. The number of carbonyl (C=O) groups excluding carboxylic acids is 1. The SMILES string of the molecule is CCCC(=O)Nc1cc(Cl)ccc1F. The Morgan fingerprint density at radius 2 is 2.29 bits per heavy atom. The molecule has 1 N–H and O–H groups in total. The predicted molar refractivity (Wildman–Crippen MR) is 54.9 cm³/mol. The molecule has 0 heterocycles. The number of halogens is 2. The van der Waals surface area contributed by atoms with E-state index in [2.05, 4.69) is 5.32 Å². The van der Waals surface area contributed by atoms with Gasteiger partial charge in [-0.3, -0.25) is 4.79 Å². The zero-order chi connectivity index (χ0) is 10.6. The molecule has 0 aromatic heterocycles. The van der Waals surface area contributed by atoms with Crippen LogP contribution < -0.4 is 5.32 Å². The molecule has 0 fully saturated rings. The Bertz CT molecular complexity index is 341. The minimum atomic E-state index is -0.473. The molecule has 0 saturated carbocycles. The second kappa shape index (κ2) is 4.96. The molecule has 0 aliphatic rings. The summed E-state index contributed by atoms with van der Waals surface area (Å²) < 4.78 is 13.1. The lowest BCUT2D eigenvalue weighted by Gasteiger charge is -2.05. The smallest absolute Gasteiger partial charge is 0.224 e. The van der Waals surface area contributed by atoms with Gasteiger partial charge in [0.15, 0.2) is 0 Å². The van der Waals surface area contributed by atoms with Crippen LogP contribution in [0.3, 0.4) is 0 Å². The first kappa shape index (κ1) is 11.0. The van der Waals surface area contributed by atoms with Gasteiger partial charge in [-0.15, -0.1) is 0 Å². The van der Waals surface area contributed by atoms with Crippen LogP contribution in [-0.4, -0.2) is 5.91 Å². The minimum Gasteiger partial charge on any atom is -0.324 e. The number of rotatable bonds is 3. The molecule has 1 rings (SSSR count). The summed E-state index contributed by atoms with van der Waals surface area (Å²) in [6.07, 6.45) is 1.11. The van der Waals surface area contributed by atoms with Gasteiger partial charge in [0, 0.05) is 11.4 Å². The van der Waals surface area contributed by atoms with Gasteiger partial charge in [0.05, 0.1) is 5.69 Å². The maximum absolute atomic E-state index is 13.1. The first-order valence-corrected chi connectivity index (χ1v) is 4.76. The van der Waals surface area contributed by atoms with Crippen molar-refractivity contribution in [3.05, 3.63) is 29.0 Å². The predicted octanol–water partition coefficient (Wildman–Crippen LogP) is 3.22. The summed E-state index contributed by atoms with van der Waals surface area (Å²) in [6.45, 7) is 1.88. The van der Waals surface area contributed by atoms with Crippen molar-refractivity contribution in [3.8, 4) is 0 Å². The van der Waals surface area contributed by atoms with Gasteiger partial charge in [-0.1, -0.05) is 18.5 Å². The maximum atomic E-state index is 13.1. The Hall–Kier alpha value is -1.09. The Labute approximate surface area is 87.1 Å². The molecule has 2 nitrogen and oxygen atoms in total. The average molecular weight is 216 g/mol. The molecule has 0 spiro atoms. The molecule has 1 aromatic carbocycles. The van der Waals surface area contributed by atoms with Crippen LogP contribution in [0.1, 0.15) is 19.8 Å². The van der Waals surface area contributed by atoms with E-state index in [1.54, 1.807) is 0 Å². The number of benzene rings is 1. The zero-order valence-corrected chi connectivity index (χ0v) is 8.57. The van der Waals surface area contributed by atoms with E-state index in [1.807, 2.05) is 6.92 Å². The summed E-state index contributed by atoms with van der Waals surface area (Å²) in [5.41, 5.74) is 0.135. The molecular formula is C10H11ClFNO. The van der Waals surface area contributed by atoms with E-state index in [9.17, 15) is 9.18 Å². The van der Waals surface area contributed by atoms with Crippen molar-refractivity contribution in [2.45, 2.75) is 19.8 Å². The highest BCUT2D eigenvalue weighted by Crippen LogP contribution is 2.19. The van der Waals surface area contributed by atoms with E-state index in [0.717, 1.165) is 6.42 Å². The van der Waals surface area contributed by atoms with Gasteiger partial charge in [-0.05, 0) is 24.6 Å². The topological polar surface area (TPSA) is 29.1 Å². The highest BCUT2D eigenvalue weighted by Gasteiger charge is 2.06. The van der Waals surface area contributed by atoms with Crippen molar-refractivity contribution >= 4 is 23.2 Å². The molecule has 4 heteroatoms.